The van der Waals surface area contributed by atoms with Gasteiger partial charge in [-0.3, -0.25) is 14.7 Å². The highest BCUT2D eigenvalue weighted by molar-refractivity contribution is 7.16. The Hall–Kier alpha value is -1.31. The summed E-state index contributed by atoms with van der Waals surface area (Å²) in [6, 6.07) is 4.06. The van der Waals surface area contributed by atoms with Crippen LogP contribution in [-0.2, 0) is 11.3 Å². The lowest BCUT2D eigenvalue weighted by Crippen LogP contribution is -2.54. The van der Waals surface area contributed by atoms with Crippen molar-refractivity contribution in [1.82, 2.24) is 20.4 Å². The highest BCUT2D eigenvalue weighted by Crippen LogP contribution is 2.23. The predicted octanol–water partition coefficient (Wildman–Crippen LogP) is 2.26. The van der Waals surface area contributed by atoms with Crippen LogP contribution in [0.25, 0.3) is 0 Å². The standard InChI is InChI=1S/C18H30ClN5OS/c1-5-21-16(25)18(2,3)13-22-17(20-4)24-10-8-23(9-11-24)12-14-6-7-15(19)26-14/h6-7H,5,8-13H2,1-4H3,(H,20,22)(H,21,25). The molecule has 0 aromatic carbocycles. The van der Waals surface area contributed by atoms with Gasteiger partial charge in [-0.2, -0.15) is 0 Å². The Kier molecular flexibility index (Phi) is 7.73. The minimum atomic E-state index is -0.480. The van der Waals surface area contributed by atoms with Gasteiger partial charge in [0, 0.05) is 57.7 Å². The SMILES string of the molecule is CCNC(=O)C(C)(C)CNC(=NC)N1CCN(Cc2ccc(Cl)s2)CC1. The largest absolute Gasteiger partial charge is 0.356 e. The molecule has 0 aliphatic carbocycles. The molecule has 1 aliphatic rings. The lowest BCUT2D eigenvalue weighted by atomic mass is 9.92. The normalized spacial score (nSPS) is 16.7. The molecule has 1 saturated heterocycles. The van der Waals surface area contributed by atoms with E-state index in [1.807, 2.05) is 26.8 Å². The summed E-state index contributed by atoms with van der Waals surface area (Å²) in [6.07, 6.45) is 0. The molecule has 1 fully saturated rings. The van der Waals surface area contributed by atoms with Crippen LogP contribution in [0, 0.1) is 5.41 Å². The number of nitrogens with one attached hydrogen (secondary N) is 2. The van der Waals surface area contributed by atoms with Crippen molar-refractivity contribution in [3.63, 3.8) is 0 Å². The minimum Gasteiger partial charge on any atom is -0.356 e. The van der Waals surface area contributed by atoms with Crippen molar-refractivity contribution in [2.24, 2.45) is 10.4 Å². The van der Waals surface area contributed by atoms with Crippen molar-refractivity contribution in [3.8, 4) is 0 Å². The first-order valence-corrected chi connectivity index (χ1v) is 10.3. The van der Waals surface area contributed by atoms with Crippen molar-refractivity contribution in [3.05, 3.63) is 21.3 Å². The van der Waals surface area contributed by atoms with Crippen LogP contribution < -0.4 is 10.6 Å². The van der Waals surface area contributed by atoms with Gasteiger partial charge < -0.3 is 15.5 Å². The van der Waals surface area contributed by atoms with Crippen LogP contribution in [0.15, 0.2) is 17.1 Å². The summed E-state index contributed by atoms with van der Waals surface area (Å²) < 4.78 is 0.845. The van der Waals surface area contributed by atoms with Crippen LogP contribution in [0.4, 0.5) is 0 Å². The second-order valence-corrected chi connectivity index (χ2v) is 8.91. The summed E-state index contributed by atoms with van der Waals surface area (Å²) in [5, 5.41) is 6.26. The predicted molar refractivity (Wildman–Crippen MR) is 110 cm³/mol. The summed E-state index contributed by atoms with van der Waals surface area (Å²) in [7, 11) is 1.79. The van der Waals surface area contributed by atoms with Crippen molar-refractivity contribution < 1.29 is 4.79 Å². The number of hydrogen-bond donors (Lipinski definition) is 2. The molecule has 2 N–H and O–H groups in total. The van der Waals surface area contributed by atoms with E-state index in [1.165, 1.54) is 4.88 Å². The molecule has 1 aliphatic heterocycles. The fraction of sp³-hybridized carbons (Fsp3) is 0.667. The molecule has 1 aromatic rings. The van der Waals surface area contributed by atoms with Gasteiger partial charge in [-0.05, 0) is 32.9 Å². The Morgan fingerprint density at radius 3 is 2.50 bits per heavy atom. The summed E-state index contributed by atoms with van der Waals surface area (Å²) in [5.41, 5.74) is -0.480. The van der Waals surface area contributed by atoms with Crippen LogP contribution in [-0.4, -0.2) is 68.0 Å². The van der Waals surface area contributed by atoms with Gasteiger partial charge in [0.15, 0.2) is 5.96 Å². The number of amides is 1. The van der Waals surface area contributed by atoms with E-state index in [4.69, 9.17) is 11.6 Å². The molecule has 0 unspecified atom stereocenters. The van der Waals surface area contributed by atoms with Crippen LogP contribution >= 0.6 is 22.9 Å². The zero-order valence-electron chi connectivity index (χ0n) is 16.1. The molecule has 2 heterocycles. The first-order chi connectivity index (χ1) is 12.4. The third-order valence-corrected chi connectivity index (χ3v) is 5.75. The molecule has 0 spiro atoms. The van der Waals surface area contributed by atoms with E-state index in [0.717, 1.165) is 43.0 Å². The Morgan fingerprint density at radius 2 is 1.96 bits per heavy atom. The third kappa shape index (κ3) is 5.86. The van der Waals surface area contributed by atoms with Gasteiger partial charge in [0.2, 0.25) is 5.91 Å². The van der Waals surface area contributed by atoms with E-state index in [-0.39, 0.29) is 5.91 Å². The van der Waals surface area contributed by atoms with Crippen molar-refractivity contribution in [1.29, 1.82) is 0 Å². The quantitative estimate of drug-likeness (QED) is 0.569. The maximum atomic E-state index is 12.1. The van der Waals surface area contributed by atoms with E-state index in [9.17, 15) is 4.79 Å². The van der Waals surface area contributed by atoms with Gasteiger partial charge in [-0.25, -0.2) is 0 Å². The highest BCUT2D eigenvalue weighted by atomic mass is 35.5. The number of halogens is 1. The topological polar surface area (TPSA) is 60.0 Å². The van der Waals surface area contributed by atoms with E-state index >= 15 is 0 Å². The number of rotatable bonds is 6. The molecular weight excluding hydrogens is 370 g/mol. The van der Waals surface area contributed by atoms with Gasteiger partial charge in [-0.1, -0.05) is 11.6 Å². The fourth-order valence-corrected chi connectivity index (χ4v) is 4.02. The first-order valence-electron chi connectivity index (χ1n) is 9.06. The minimum absolute atomic E-state index is 0.0578. The zero-order chi connectivity index (χ0) is 19.2. The summed E-state index contributed by atoms with van der Waals surface area (Å²) in [4.78, 5) is 22.5. The maximum Gasteiger partial charge on any atom is 0.227 e. The zero-order valence-corrected chi connectivity index (χ0v) is 17.7. The van der Waals surface area contributed by atoms with Crippen LogP contribution in [0.5, 0.6) is 0 Å². The molecule has 2 rings (SSSR count). The molecule has 146 valence electrons. The first kappa shape index (κ1) is 21.0. The molecule has 0 atom stereocenters. The van der Waals surface area contributed by atoms with Gasteiger partial charge in [0.05, 0.1) is 9.75 Å². The van der Waals surface area contributed by atoms with Crippen molar-refractivity contribution in [2.75, 3.05) is 46.3 Å². The second kappa shape index (κ2) is 9.58. The number of hydrogen-bond acceptors (Lipinski definition) is 4. The Bertz CT molecular complexity index is 623. The van der Waals surface area contributed by atoms with Crippen LogP contribution in [0.1, 0.15) is 25.6 Å². The lowest BCUT2D eigenvalue weighted by molar-refractivity contribution is -0.128. The summed E-state index contributed by atoms with van der Waals surface area (Å²) in [6.45, 7) is 11.8. The number of guanidine groups is 1. The summed E-state index contributed by atoms with van der Waals surface area (Å²) in [5.74, 6) is 0.920. The second-order valence-electron chi connectivity index (χ2n) is 7.11. The number of piperazine rings is 1. The molecule has 1 aromatic heterocycles. The number of nitrogens with zero attached hydrogens (tertiary/aromatic N) is 3. The van der Waals surface area contributed by atoms with Gasteiger partial charge in [-0.15, -0.1) is 11.3 Å². The van der Waals surface area contributed by atoms with Crippen LogP contribution in [0.3, 0.4) is 0 Å². The average Bonchev–Trinajstić information content (AvgIpc) is 3.02. The number of aliphatic imine (C=N–C) groups is 1. The molecule has 6 nitrogen and oxygen atoms in total. The van der Waals surface area contributed by atoms with Gasteiger partial charge in [0.1, 0.15) is 0 Å². The molecule has 0 bridgehead atoms. The average molecular weight is 400 g/mol. The highest BCUT2D eigenvalue weighted by Gasteiger charge is 2.28. The van der Waals surface area contributed by atoms with E-state index in [1.54, 1.807) is 18.4 Å². The fourth-order valence-electron chi connectivity index (χ4n) is 2.89. The lowest BCUT2D eigenvalue weighted by Gasteiger charge is -2.37. The number of thiophene rings is 1. The van der Waals surface area contributed by atoms with Crippen LogP contribution in [0.2, 0.25) is 4.34 Å². The third-order valence-electron chi connectivity index (χ3n) is 4.53. The van der Waals surface area contributed by atoms with E-state index in [2.05, 4.69) is 31.5 Å². The Balaban J connectivity index is 1.81. The van der Waals surface area contributed by atoms with Crippen molar-refractivity contribution >= 4 is 34.8 Å². The smallest absolute Gasteiger partial charge is 0.227 e. The van der Waals surface area contributed by atoms with Gasteiger partial charge >= 0.3 is 0 Å². The number of carbonyl (C=O) groups is 1. The molecule has 26 heavy (non-hydrogen) atoms. The molecular formula is C18H30ClN5OS. The molecule has 8 heteroatoms. The molecule has 0 saturated carbocycles. The molecule has 1 amide bonds. The Morgan fingerprint density at radius 1 is 1.27 bits per heavy atom. The van der Waals surface area contributed by atoms with Crippen molar-refractivity contribution in [2.45, 2.75) is 27.3 Å². The maximum absolute atomic E-state index is 12.1. The Labute approximate surface area is 165 Å². The number of carbonyl (C=O) groups excluding carboxylic acids is 1. The van der Waals surface area contributed by atoms with E-state index in [0.29, 0.717) is 13.1 Å². The molecule has 0 radical (unpaired) electrons. The summed E-state index contributed by atoms with van der Waals surface area (Å²) >= 11 is 7.66. The monoisotopic (exact) mass is 399 g/mol. The van der Waals surface area contributed by atoms with E-state index < -0.39 is 5.41 Å². The van der Waals surface area contributed by atoms with Gasteiger partial charge in [0.25, 0.3) is 0 Å².